The first-order valence-electron chi connectivity index (χ1n) is 6.17. The third kappa shape index (κ3) is 2.64. The van der Waals surface area contributed by atoms with Gasteiger partial charge in [0.2, 0.25) is 5.91 Å². The predicted molar refractivity (Wildman–Crippen MR) is 73.2 cm³/mol. The number of nitrogen functional groups attached to an aromatic ring is 1. The van der Waals surface area contributed by atoms with Crippen molar-refractivity contribution in [1.82, 2.24) is 10.3 Å². The number of likely N-dealkylation sites (N-methyl/N-ethyl adjacent to an activating group) is 1. The summed E-state index contributed by atoms with van der Waals surface area (Å²) in [6.07, 6.45) is 0. The molecule has 1 atom stereocenters. The van der Waals surface area contributed by atoms with E-state index < -0.39 is 11.9 Å². The number of ether oxygens (including phenoxy) is 1. The van der Waals surface area contributed by atoms with Crippen LogP contribution in [0.1, 0.15) is 10.5 Å². The van der Waals surface area contributed by atoms with Crippen molar-refractivity contribution in [3.63, 3.8) is 0 Å². The fourth-order valence-electron chi connectivity index (χ4n) is 2.07. The first kappa shape index (κ1) is 14.1. The molecule has 0 saturated carbocycles. The molecule has 1 aliphatic rings. The number of aromatic nitrogens is 1. The fourth-order valence-corrected chi connectivity index (χ4v) is 2.07. The van der Waals surface area contributed by atoms with Crippen LogP contribution in [-0.4, -0.2) is 49.6 Å². The molecule has 0 radical (unpaired) electrons. The van der Waals surface area contributed by atoms with E-state index in [1.54, 1.807) is 18.0 Å². The van der Waals surface area contributed by atoms with E-state index in [4.69, 9.17) is 16.2 Å². The molecule has 0 aliphatic carbocycles. The number of rotatable bonds is 3. The van der Waals surface area contributed by atoms with E-state index in [1.807, 2.05) is 0 Å². The SMILES string of the molecule is CNC(=O)C1COCCN1c1nc(C(N)=O)ccc1N. The molecule has 8 nitrogen and oxygen atoms in total. The van der Waals surface area contributed by atoms with Gasteiger partial charge in [0.15, 0.2) is 5.82 Å². The van der Waals surface area contributed by atoms with E-state index in [1.165, 1.54) is 6.07 Å². The van der Waals surface area contributed by atoms with Gasteiger partial charge in [0.05, 0.1) is 18.9 Å². The van der Waals surface area contributed by atoms with Crippen molar-refractivity contribution in [2.75, 3.05) is 37.4 Å². The highest BCUT2D eigenvalue weighted by Crippen LogP contribution is 2.24. The Morgan fingerprint density at radius 2 is 2.25 bits per heavy atom. The molecule has 0 bridgehead atoms. The molecule has 1 aromatic heterocycles. The molecule has 1 aromatic rings. The van der Waals surface area contributed by atoms with E-state index in [0.29, 0.717) is 24.7 Å². The summed E-state index contributed by atoms with van der Waals surface area (Å²) in [4.78, 5) is 29.0. The number of pyridine rings is 1. The number of carbonyl (C=O) groups excluding carboxylic acids is 2. The third-order valence-corrected chi connectivity index (χ3v) is 3.11. The first-order chi connectivity index (χ1) is 9.54. The molecule has 1 saturated heterocycles. The van der Waals surface area contributed by atoms with Gasteiger partial charge in [-0.05, 0) is 12.1 Å². The Kier molecular flexibility index (Phi) is 4.04. The van der Waals surface area contributed by atoms with Gasteiger partial charge in [-0.25, -0.2) is 4.98 Å². The van der Waals surface area contributed by atoms with Crippen molar-refractivity contribution in [1.29, 1.82) is 0 Å². The van der Waals surface area contributed by atoms with Gasteiger partial charge in [-0.2, -0.15) is 0 Å². The summed E-state index contributed by atoms with van der Waals surface area (Å²) >= 11 is 0. The molecule has 5 N–H and O–H groups in total. The van der Waals surface area contributed by atoms with Crippen LogP contribution in [0.15, 0.2) is 12.1 Å². The smallest absolute Gasteiger partial charge is 0.267 e. The van der Waals surface area contributed by atoms with E-state index in [-0.39, 0.29) is 18.2 Å². The molecule has 1 aliphatic heterocycles. The fraction of sp³-hybridized carbons (Fsp3) is 0.417. The zero-order chi connectivity index (χ0) is 14.7. The van der Waals surface area contributed by atoms with Gasteiger partial charge in [-0.3, -0.25) is 9.59 Å². The molecule has 2 heterocycles. The van der Waals surface area contributed by atoms with Crippen LogP contribution in [-0.2, 0) is 9.53 Å². The number of hydrogen-bond acceptors (Lipinski definition) is 6. The zero-order valence-corrected chi connectivity index (χ0v) is 11.1. The molecule has 0 aromatic carbocycles. The maximum atomic E-state index is 11.9. The Balaban J connectivity index is 2.39. The number of anilines is 2. The minimum Gasteiger partial charge on any atom is -0.396 e. The quantitative estimate of drug-likeness (QED) is 0.632. The van der Waals surface area contributed by atoms with E-state index in [2.05, 4.69) is 10.3 Å². The van der Waals surface area contributed by atoms with Crippen LogP contribution in [0.25, 0.3) is 0 Å². The molecule has 1 unspecified atom stereocenters. The third-order valence-electron chi connectivity index (χ3n) is 3.11. The van der Waals surface area contributed by atoms with Crippen molar-refractivity contribution >= 4 is 23.3 Å². The average Bonchev–Trinajstić information content (AvgIpc) is 2.46. The number of nitrogens with one attached hydrogen (secondary N) is 1. The normalized spacial score (nSPS) is 18.6. The first-order valence-corrected chi connectivity index (χ1v) is 6.17. The number of morpholine rings is 1. The van der Waals surface area contributed by atoms with E-state index in [0.717, 1.165) is 0 Å². The molecule has 108 valence electrons. The lowest BCUT2D eigenvalue weighted by Crippen LogP contribution is -2.54. The summed E-state index contributed by atoms with van der Waals surface area (Å²) in [5.74, 6) is -0.468. The summed E-state index contributed by atoms with van der Waals surface area (Å²) < 4.78 is 5.31. The Labute approximate surface area is 116 Å². The molecule has 1 fully saturated rings. The second-order valence-corrected chi connectivity index (χ2v) is 4.37. The number of amides is 2. The van der Waals surface area contributed by atoms with Crippen molar-refractivity contribution in [2.24, 2.45) is 5.73 Å². The largest absolute Gasteiger partial charge is 0.396 e. The van der Waals surface area contributed by atoms with Crippen LogP contribution >= 0.6 is 0 Å². The van der Waals surface area contributed by atoms with Crippen LogP contribution in [0.4, 0.5) is 11.5 Å². The van der Waals surface area contributed by atoms with Crippen LogP contribution in [0.5, 0.6) is 0 Å². The zero-order valence-electron chi connectivity index (χ0n) is 11.1. The Morgan fingerprint density at radius 1 is 1.50 bits per heavy atom. The summed E-state index contributed by atoms with van der Waals surface area (Å²) in [6, 6.07) is 2.47. The van der Waals surface area contributed by atoms with Gasteiger partial charge in [0.25, 0.3) is 5.91 Å². The minimum atomic E-state index is -0.643. The lowest BCUT2D eigenvalue weighted by Gasteiger charge is -2.35. The van der Waals surface area contributed by atoms with Crippen LogP contribution in [0.2, 0.25) is 0 Å². The maximum absolute atomic E-state index is 11.9. The number of nitrogens with zero attached hydrogens (tertiary/aromatic N) is 2. The van der Waals surface area contributed by atoms with Crippen LogP contribution in [0.3, 0.4) is 0 Å². The number of nitrogens with two attached hydrogens (primary N) is 2. The summed E-state index contributed by atoms with van der Waals surface area (Å²) in [6.45, 7) is 1.15. The molecule has 8 heteroatoms. The lowest BCUT2D eigenvalue weighted by molar-refractivity contribution is -0.124. The molecule has 2 rings (SSSR count). The van der Waals surface area contributed by atoms with Crippen molar-refractivity contribution in [3.05, 3.63) is 17.8 Å². The van der Waals surface area contributed by atoms with Gasteiger partial charge in [-0.1, -0.05) is 0 Å². The number of hydrogen-bond donors (Lipinski definition) is 3. The highest BCUT2D eigenvalue weighted by Gasteiger charge is 2.31. The van der Waals surface area contributed by atoms with Crippen molar-refractivity contribution in [3.8, 4) is 0 Å². The van der Waals surface area contributed by atoms with E-state index in [9.17, 15) is 9.59 Å². The highest BCUT2D eigenvalue weighted by molar-refractivity contribution is 5.92. The topological polar surface area (TPSA) is 124 Å². The maximum Gasteiger partial charge on any atom is 0.267 e. The Hall–Kier alpha value is -2.35. The second-order valence-electron chi connectivity index (χ2n) is 4.37. The van der Waals surface area contributed by atoms with Crippen molar-refractivity contribution < 1.29 is 14.3 Å². The van der Waals surface area contributed by atoms with Gasteiger partial charge in [0, 0.05) is 13.6 Å². The van der Waals surface area contributed by atoms with Gasteiger partial charge in [0.1, 0.15) is 11.7 Å². The molecular formula is C12H17N5O3. The lowest BCUT2D eigenvalue weighted by atomic mass is 10.2. The second kappa shape index (κ2) is 5.74. The summed E-state index contributed by atoms with van der Waals surface area (Å²) in [5.41, 5.74) is 11.6. The molecular weight excluding hydrogens is 262 g/mol. The van der Waals surface area contributed by atoms with E-state index >= 15 is 0 Å². The molecule has 2 amide bonds. The molecule has 20 heavy (non-hydrogen) atoms. The minimum absolute atomic E-state index is 0.108. The molecule has 0 spiro atoms. The summed E-state index contributed by atoms with van der Waals surface area (Å²) in [7, 11) is 1.55. The Morgan fingerprint density at radius 3 is 2.90 bits per heavy atom. The van der Waals surface area contributed by atoms with Gasteiger partial charge >= 0.3 is 0 Å². The predicted octanol–water partition coefficient (Wildman–Crippen LogP) is -1.29. The van der Waals surface area contributed by atoms with Crippen molar-refractivity contribution in [2.45, 2.75) is 6.04 Å². The summed E-state index contributed by atoms with van der Waals surface area (Å²) in [5, 5.41) is 2.57. The highest BCUT2D eigenvalue weighted by atomic mass is 16.5. The standard InChI is InChI=1S/C12H17N5O3/c1-15-12(19)9-6-20-5-4-17(9)11-7(13)2-3-8(16-11)10(14)18/h2-3,9H,4-6,13H2,1H3,(H2,14,18)(H,15,19). The average molecular weight is 279 g/mol. The Bertz CT molecular complexity index is 534. The monoisotopic (exact) mass is 279 g/mol. The van der Waals surface area contributed by atoms with Gasteiger partial charge in [-0.15, -0.1) is 0 Å². The number of primary amides is 1. The van der Waals surface area contributed by atoms with Gasteiger partial charge < -0.3 is 26.4 Å². The van der Waals surface area contributed by atoms with Crippen LogP contribution in [0, 0.1) is 0 Å². The number of carbonyl (C=O) groups is 2. The van der Waals surface area contributed by atoms with Crippen LogP contribution < -0.4 is 21.7 Å².